The Morgan fingerprint density at radius 3 is 2.68 bits per heavy atom. The maximum Gasteiger partial charge on any atom is 0.204 e. The van der Waals surface area contributed by atoms with Crippen LogP contribution in [0.4, 0.5) is 5.13 Å². The van der Waals surface area contributed by atoms with Gasteiger partial charge < -0.3 is 4.74 Å². The van der Waals surface area contributed by atoms with Crippen LogP contribution in [0.1, 0.15) is 24.3 Å². The summed E-state index contributed by atoms with van der Waals surface area (Å²) in [5.41, 5.74) is 6.11. The van der Waals surface area contributed by atoms with E-state index in [9.17, 15) is 0 Å². The summed E-state index contributed by atoms with van der Waals surface area (Å²) in [7, 11) is 0. The van der Waals surface area contributed by atoms with Gasteiger partial charge in [0.05, 0.1) is 18.0 Å². The number of hydrogen-bond donors (Lipinski definition) is 1. The zero-order valence-electron chi connectivity index (χ0n) is 14.6. The van der Waals surface area contributed by atoms with E-state index in [-0.39, 0.29) is 6.10 Å². The average Bonchev–Trinajstić information content (AvgIpc) is 2.96. The number of nitrogens with zero attached hydrogens (tertiary/aromatic N) is 2. The number of benzene rings is 2. The molecule has 25 heavy (non-hydrogen) atoms. The molecule has 0 aliphatic heterocycles. The largest absolute Gasteiger partial charge is 0.491 e. The van der Waals surface area contributed by atoms with Crippen molar-refractivity contribution in [2.75, 3.05) is 5.43 Å². The van der Waals surface area contributed by atoms with Crippen LogP contribution in [0.5, 0.6) is 5.75 Å². The maximum atomic E-state index is 5.70. The molecule has 0 aliphatic carbocycles. The molecule has 0 amide bonds. The lowest BCUT2D eigenvalue weighted by molar-refractivity contribution is 0.242. The Bertz CT molecular complexity index is 856. The van der Waals surface area contributed by atoms with Crippen LogP contribution in [0.25, 0.3) is 11.3 Å². The average molecular weight is 351 g/mol. The lowest BCUT2D eigenvalue weighted by Gasteiger charge is -2.09. The van der Waals surface area contributed by atoms with Crippen molar-refractivity contribution < 1.29 is 4.74 Å². The molecule has 128 valence electrons. The van der Waals surface area contributed by atoms with E-state index in [0.29, 0.717) is 0 Å². The van der Waals surface area contributed by atoms with Gasteiger partial charge in [0.1, 0.15) is 5.75 Å². The van der Waals surface area contributed by atoms with E-state index in [2.05, 4.69) is 34.6 Å². The highest BCUT2D eigenvalue weighted by Gasteiger charge is 2.08. The third kappa shape index (κ3) is 4.67. The number of anilines is 1. The minimum Gasteiger partial charge on any atom is -0.491 e. The zero-order chi connectivity index (χ0) is 17.6. The minimum absolute atomic E-state index is 0.153. The Labute approximate surface area is 152 Å². The zero-order valence-corrected chi connectivity index (χ0v) is 15.4. The van der Waals surface area contributed by atoms with Crippen molar-refractivity contribution in [1.82, 2.24) is 4.98 Å². The quantitative estimate of drug-likeness (QED) is 0.481. The number of hydrazone groups is 1. The van der Waals surface area contributed by atoms with Crippen LogP contribution < -0.4 is 10.2 Å². The summed E-state index contributed by atoms with van der Waals surface area (Å²) in [6, 6.07) is 18.0. The Kier molecular flexibility index (Phi) is 5.46. The molecule has 4 nitrogen and oxygen atoms in total. The Hall–Kier alpha value is -2.66. The van der Waals surface area contributed by atoms with E-state index in [0.717, 1.165) is 32.6 Å². The Morgan fingerprint density at radius 2 is 1.92 bits per heavy atom. The number of thiazole rings is 1. The van der Waals surface area contributed by atoms with Gasteiger partial charge >= 0.3 is 0 Å². The van der Waals surface area contributed by atoms with Crippen molar-refractivity contribution in [2.45, 2.75) is 26.9 Å². The summed E-state index contributed by atoms with van der Waals surface area (Å²) >= 11 is 1.60. The second kappa shape index (κ2) is 7.94. The van der Waals surface area contributed by atoms with Gasteiger partial charge in [0.15, 0.2) is 0 Å². The van der Waals surface area contributed by atoms with E-state index in [1.807, 2.05) is 56.3 Å². The molecule has 0 bridgehead atoms. The van der Waals surface area contributed by atoms with Gasteiger partial charge in [-0.05, 0) is 38.5 Å². The van der Waals surface area contributed by atoms with Crippen LogP contribution in [0, 0.1) is 6.92 Å². The monoisotopic (exact) mass is 351 g/mol. The fourth-order valence-corrected chi connectivity index (χ4v) is 3.20. The number of ether oxygens (including phenoxy) is 1. The maximum absolute atomic E-state index is 5.70. The number of aromatic nitrogens is 1. The molecule has 0 aliphatic rings. The van der Waals surface area contributed by atoms with Crippen LogP contribution in [0.3, 0.4) is 0 Å². The van der Waals surface area contributed by atoms with Gasteiger partial charge in [0.25, 0.3) is 0 Å². The van der Waals surface area contributed by atoms with Gasteiger partial charge in [-0.2, -0.15) is 5.10 Å². The van der Waals surface area contributed by atoms with Crippen molar-refractivity contribution in [3.63, 3.8) is 0 Å². The first-order valence-electron chi connectivity index (χ1n) is 8.20. The van der Waals surface area contributed by atoms with Crippen LogP contribution in [0.2, 0.25) is 0 Å². The SMILES string of the molecule is Cc1sc(N/N=C\c2cccc(OC(C)C)c2)nc1-c1ccccc1. The third-order valence-corrected chi connectivity index (χ3v) is 4.32. The Morgan fingerprint density at radius 1 is 1.12 bits per heavy atom. The van der Waals surface area contributed by atoms with Crippen molar-refractivity contribution in [3.05, 3.63) is 65.0 Å². The molecule has 0 saturated carbocycles. The molecule has 2 aromatic carbocycles. The molecule has 0 saturated heterocycles. The highest BCUT2D eigenvalue weighted by molar-refractivity contribution is 7.15. The molecule has 1 aromatic heterocycles. The predicted molar refractivity (Wildman–Crippen MR) is 106 cm³/mol. The van der Waals surface area contributed by atoms with Crippen molar-refractivity contribution in [1.29, 1.82) is 0 Å². The minimum atomic E-state index is 0.153. The first-order valence-corrected chi connectivity index (χ1v) is 9.02. The molecule has 0 atom stereocenters. The highest BCUT2D eigenvalue weighted by Crippen LogP contribution is 2.30. The van der Waals surface area contributed by atoms with E-state index in [4.69, 9.17) is 4.74 Å². The standard InChI is InChI=1S/C20H21N3OS/c1-14(2)24-18-11-7-8-16(12-18)13-21-23-20-22-19(15(3)25-20)17-9-5-4-6-10-17/h4-14H,1-3H3,(H,22,23)/b21-13-. The summed E-state index contributed by atoms with van der Waals surface area (Å²) in [5.74, 6) is 0.843. The predicted octanol–water partition coefficient (Wildman–Crippen LogP) is 5.35. The first-order chi connectivity index (χ1) is 12.1. The number of hydrogen-bond acceptors (Lipinski definition) is 5. The molecular weight excluding hydrogens is 330 g/mol. The van der Waals surface area contributed by atoms with E-state index >= 15 is 0 Å². The van der Waals surface area contributed by atoms with Gasteiger partial charge in [-0.1, -0.05) is 42.5 Å². The molecule has 3 aromatic rings. The summed E-state index contributed by atoms with van der Waals surface area (Å²) < 4.78 is 5.70. The van der Waals surface area contributed by atoms with Crippen LogP contribution in [0.15, 0.2) is 59.7 Å². The first kappa shape index (κ1) is 17.2. The van der Waals surface area contributed by atoms with Gasteiger partial charge in [-0.25, -0.2) is 4.98 Å². The van der Waals surface area contributed by atoms with E-state index in [1.54, 1.807) is 17.6 Å². The lowest BCUT2D eigenvalue weighted by Crippen LogP contribution is -2.05. The van der Waals surface area contributed by atoms with E-state index in [1.165, 1.54) is 0 Å². The summed E-state index contributed by atoms with van der Waals surface area (Å²) in [5, 5.41) is 5.08. The fraction of sp³-hybridized carbons (Fsp3) is 0.200. The second-order valence-corrected chi connectivity index (χ2v) is 7.10. The second-order valence-electron chi connectivity index (χ2n) is 5.90. The normalized spacial score (nSPS) is 11.2. The molecule has 5 heteroatoms. The summed E-state index contributed by atoms with van der Waals surface area (Å²) in [4.78, 5) is 5.80. The van der Waals surface area contributed by atoms with Gasteiger partial charge in [-0.3, -0.25) is 5.43 Å². The number of nitrogens with one attached hydrogen (secondary N) is 1. The molecular formula is C20H21N3OS. The van der Waals surface area contributed by atoms with Crippen LogP contribution in [-0.4, -0.2) is 17.3 Å². The van der Waals surface area contributed by atoms with Gasteiger partial charge in [0, 0.05) is 10.4 Å². The van der Waals surface area contributed by atoms with Crippen molar-refractivity contribution in [3.8, 4) is 17.0 Å². The smallest absolute Gasteiger partial charge is 0.204 e. The molecule has 0 radical (unpaired) electrons. The topological polar surface area (TPSA) is 46.5 Å². The molecule has 0 spiro atoms. The van der Waals surface area contributed by atoms with Gasteiger partial charge in [-0.15, -0.1) is 11.3 Å². The Balaban J connectivity index is 1.69. The number of rotatable bonds is 6. The summed E-state index contributed by atoms with van der Waals surface area (Å²) in [6.45, 7) is 6.09. The lowest BCUT2D eigenvalue weighted by atomic mass is 10.1. The molecule has 1 heterocycles. The highest BCUT2D eigenvalue weighted by atomic mass is 32.1. The van der Waals surface area contributed by atoms with Crippen LogP contribution >= 0.6 is 11.3 Å². The van der Waals surface area contributed by atoms with Crippen LogP contribution in [-0.2, 0) is 0 Å². The van der Waals surface area contributed by atoms with Gasteiger partial charge in [0.2, 0.25) is 5.13 Å². The molecule has 3 rings (SSSR count). The van der Waals surface area contributed by atoms with E-state index < -0.39 is 0 Å². The van der Waals surface area contributed by atoms with Crippen molar-refractivity contribution in [2.24, 2.45) is 5.10 Å². The molecule has 0 fully saturated rings. The number of aryl methyl sites for hydroxylation is 1. The molecule has 0 unspecified atom stereocenters. The van der Waals surface area contributed by atoms with Crippen molar-refractivity contribution >= 4 is 22.7 Å². The third-order valence-electron chi connectivity index (χ3n) is 3.45. The summed E-state index contributed by atoms with van der Waals surface area (Å²) in [6.07, 6.45) is 1.92. The fourth-order valence-electron chi connectivity index (χ4n) is 2.41. The molecule has 1 N–H and O–H groups in total.